The van der Waals surface area contributed by atoms with E-state index in [0.29, 0.717) is 0 Å². The molecule has 3 aromatic rings. The van der Waals surface area contributed by atoms with Gasteiger partial charge in [-0.1, -0.05) is 18.2 Å². The second kappa shape index (κ2) is 8.75. The lowest BCUT2D eigenvalue weighted by Crippen LogP contribution is -2.08. The number of benzene rings is 2. The molecule has 146 valence electrons. The summed E-state index contributed by atoms with van der Waals surface area (Å²) in [7, 11) is 0. The highest BCUT2D eigenvalue weighted by atomic mass is 16.6. The third-order valence-corrected chi connectivity index (χ3v) is 3.91. The van der Waals surface area contributed by atoms with Crippen LogP contribution in [0.25, 0.3) is 0 Å². The summed E-state index contributed by atoms with van der Waals surface area (Å²) in [5, 5.41) is 11.0. The van der Waals surface area contributed by atoms with Crippen LogP contribution in [-0.4, -0.2) is 28.3 Å². The third-order valence-electron chi connectivity index (χ3n) is 3.91. The van der Waals surface area contributed by atoms with Gasteiger partial charge >= 0.3 is 5.97 Å². The number of ether oxygens (including phenoxy) is 2. The van der Waals surface area contributed by atoms with Crippen LogP contribution in [0.5, 0.6) is 11.6 Å². The molecule has 0 fully saturated rings. The van der Waals surface area contributed by atoms with E-state index >= 15 is 0 Å². The number of pyridine rings is 1. The molecule has 0 aliphatic heterocycles. The van der Waals surface area contributed by atoms with Crippen molar-refractivity contribution in [2.24, 2.45) is 0 Å². The van der Waals surface area contributed by atoms with Crippen molar-refractivity contribution >= 4 is 17.4 Å². The van der Waals surface area contributed by atoms with Crippen LogP contribution in [-0.2, 0) is 4.74 Å². The Balaban J connectivity index is 2.04. The number of carbonyl (C=O) groups is 2. The van der Waals surface area contributed by atoms with E-state index in [1.807, 2.05) is 0 Å². The lowest BCUT2D eigenvalue weighted by atomic mass is 10.0. The summed E-state index contributed by atoms with van der Waals surface area (Å²) in [6, 6.07) is 14.6. The molecule has 0 atom stereocenters. The van der Waals surface area contributed by atoms with Gasteiger partial charge in [0.1, 0.15) is 5.75 Å². The van der Waals surface area contributed by atoms with Crippen LogP contribution in [0.1, 0.15) is 33.2 Å². The summed E-state index contributed by atoms with van der Waals surface area (Å²) in [5.41, 5.74) is 0.248. The zero-order chi connectivity index (χ0) is 20.8. The Morgan fingerprint density at radius 1 is 1.03 bits per heavy atom. The first-order valence-corrected chi connectivity index (χ1v) is 8.69. The van der Waals surface area contributed by atoms with Gasteiger partial charge in [-0.15, -0.1) is 0 Å². The molecule has 3 rings (SSSR count). The fraction of sp³-hybridized carbons (Fsp3) is 0.0952. The number of hydrogen-bond acceptors (Lipinski definition) is 7. The fourth-order valence-electron chi connectivity index (χ4n) is 2.57. The standard InChI is InChI=1S/C21H16N2O6/c1-2-28-21(25)15-9-10-17(18(13-15)29-19-8-3-4-11-22-19)20(24)14-6-5-7-16(12-14)23(26)27/h3-13H,2H2,1H3. The molecule has 0 saturated carbocycles. The molecule has 29 heavy (non-hydrogen) atoms. The second-order valence-electron chi connectivity index (χ2n) is 5.84. The number of nitrogens with zero attached hydrogens (tertiary/aromatic N) is 2. The van der Waals surface area contributed by atoms with Gasteiger partial charge in [0.05, 0.1) is 22.7 Å². The monoisotopic (exact) mass is 392 g/mol. The first-order valence-electron chi connectivity index (χ1n) is 8.69. The Morgan fingerprint density at radius 2 is 1.86 bits per heavy atom. The minimum absolute atomic E-state index is 0.0887. The Kier molecular flexibility index (Phi) is 5.94. The van der Waals surface area contributed by atoms with Crippen LogP contribution in [0.4, 0.5) is 5.69 Å². The van der Waals surface area contributed by atoms with Crippen LogP contribution in [0, 0.1) is 10.1 Å². The summed E-state index contributed by atoms with van der Waals surface area (Å²) in [4.78, 5) is 39.6. The van der Waals surface area contributed by atoms with E-state index in [2.05, 4.69) is 4.98 Å². The summed E-state index contributed by atoms with van der Waals surface area (Å²) < 4.78 is 10.7. The number of ketones is 1. The predicted octanol–water partition coefficient (Wildman–Crippen LogP) is 4.19. The van der Waals surface area contributed by atoms with E-state index in [-0.39, 0.29) is 40.6 Å². The summed E-state index contributed by atoms with van der Waals surface area (Å²) in [6.07, 6.45) is 1.52. The van der Waals surface area contributed by atoms with Gasteiger partial charge in [0, 0.05) is 30.0 Å². The zero-order valence-electron chi connectivity index (χ0n) is 15.4. The molecule has 0 unspecified atom stereocenters. The van der Waals surface area contributed by atoms with Gasteiger partial charge in [0.25, 0.3) is 5.69 Å². The molecule has 2 aromatic carbocycles. The minimum Gasteiger partial charge on any atom is -0.462 e. The number of non-ortho nitro benzene ring substituents is 1. The number of carbonyl (C=O) groups excluding carboxylic acids is 2. The lowest BCUT2D eigenvalue weighted by molar-refractivity contribution is -0.384. The first-order chi connectivity index (χ1) is 14.0. The summed E-state index contributed by atoms with van der Waals surface area (Å²) in [5.74, 6) is -0.741. The molecule has 0 saturated heterocycles. The minimum atomic E-state index is -0.577. The molecular weight excluding hydrogens is 376 g/mol. The highest BCUT2D eigenvalue weighted by Gasteiger charge is 2.20. The Morgan fingerprint density at radius 3 is 2.55 bits per heavy atom. The molecule has 0 amide bonds. The lowest BCUT2D eigenvalue weighted by Gasteiger charge is -2.12. The maximum atomic E-state index is 13.0. The van der Waals surface area contributed by atoms with Crippen LogP contribution in [0.2, 0.25) is 0 Å². The van der Waals surface area contributed by atoms with E-state index in [9.17, 15) is 19.7 Å². The Labute approximate surface area is 165 Å². The molecule has 8 heteroatoms. The predicted molar refractivity (Wildman–Crippen MR) is 103 cm³/mol. The van der Waals surface area contributed by atoms with Crippen molar-refractivity contribution < 1.29 is 24.0 Å². The molecule has 0 spiro atoms. The van der Waals surface area contributed by atoms with Crippen molar-refractivity contribution in [3.8, 4) is 11.6 Å². The zero-order valence-corrected chi connectivity index (χ0v) is 15.4. The van der Waals surface area contributed by atoms with Gasteiger partial charge in [-0.25, -0.2) is 9.78 Å². The van der Waals surface area contributed by atoms with Gasteiger partial charge in [0.15, 0.2) is 5.78 Å². The number of hydrogen-bond donors (Lipinski definition) is 0. The largest absolute Gasteiger partial charge is 0.462 e. The first kappa shape index (κ1) is 19.7. The number of rotatable bonds is 7. The quantitative estimate of drug-likeness (QED) is 0.257. The number of nitro groups is 1. The average Bonchev–Trinajstić information content (AvgIpc) is 2.74. The van der Waals surface area contributed by atoms with Crippen molar-refractivity contribution in [1.82, 2.24) is 4.98 Å². The summed E-state index contributed by atoms with van der Waals surface area (Å²) in [6.45, 7) is 1.88. The normalized spacial score (nSPS) is 10.2. The van der Waals surface area contributed by atoms with Gasteiger partial charge in [-0.2, -0.15) is 0 Å². The van der Waals surface area contributed by atoms with E-state index in [0.717, 1.165) is 0 Å². The molecule has 0 aliphatic rings. The van der Waals surface area contributed by atoms with Crippen molar-refractivity contribution in [2.45, 2.75) is 6.92 Å². The number of nitro benzene ring substituents is 1. The van der Waals surface area contributed by atoms with E-state index < -0.39 is 16.7 Å². The van der Waals surface area contributed by atoms with E-state index in [1.54, 1.807) is 25.1 Å². The maximum absolute atomic E-state index is 13.0. The van der Waals surface area contributed by atoms with Crippen LogP contribution in [0.15, 0.2) is 66.9 Å². The molecule has 0 N–H and O–H groups in total. The molecule has 0 radical (unpaired) electrons. The second-order valence-corrected chi connectivity index (χ2v) is 5.84. The smallest absolute Gasteiger partial charge is 0.338 e. The summed E-state index contributed by atoms with van der Waals surface area (Å²) >= 11 is 0. The van der Waals surface area contributed by atoms with Crippen LogP contribution >= 0.6 is 0 Å². The molecule has 0 aliphatic carbocycles. The average molecular weight is 392 g/mol. The Bertz CT molecular complexity index is 1070. The number of esters is 1. The highest BCUT2D eigenvalue weighted by molar-refractivity contribution is 6.11. The molecule has 1 aromatic heterocycles. The van der Waals surface area contributed by atoms with E-state index in [4.69, 9.17) is 9.47 Å². The van der Waals surface area contributed by atoms with Gasteiger partial charge in [-0.3, -0.25) is 14.9 Å². The maximum Gasteiger partial charge on any atom is 0.338 e. The highest BCUT2D eigenvalue weighted by Crippen LogP contribution is 2.29. The third kappa shape index (κ3) is 4.62. The van der Waals surface area contributed by atoms with Crippen molar-refractivity contribution in [3.05, 3.63) is 93.7 Å². The Hall–Kier alpha value is -4.07. The molecule has 1 heterocycles. The molecular formula is C21H16N2O6. The van der Waals surface area contributed by atoms with Gasteiger partial charge in [0.2, 0.25) is 5.88 Å². The fourth-order valence-corrected chi connectivity index (χ4v) is 2.57. The van der Waals surface area contributed by atoms with Crippen molar-refractivity contribution in [1.29, 1.82) is 0 Å². The molecule has 8 nitrogen and oxygen atoms in total. The van der Waals surface area contributed by atoms with Gasteiger partial charge in [-0.05, 0) is 31.2 Å². The topological polar surface area (TPSA) is 109 Å². The van der Waals surface area contributed by atoms with Crippen LogP contribution < -0.4 is 4.74 Å². The SMILES string of the molecule is CCOC(=O)c1ccc(C(=O)c2cccc([N+](=O)[O-])c2)c(Oc2ccccn2)c1. The van der Waals surface area contributed by atoms with E-state index in [1.165, 1.54) is 48.7 Å². The van der Waals surface area contributed by atoms with Crippen molar-refractivity contribution in [2.75, 3.05) is 6.61 Å². The van der Waals surface area contributed by atoms with Crippen LogP contribution in [0.3, 0.4) is 0 Å². The van der Waals surface area contributed by atoms with Crippen molar-refractivity contribution in [3.63, 3.8) is 0 Å². The molecule has 0 bridgehead atoms. The number of aromatic nitrogens is 1. The van der Waals surface area contributed by atoms with Gasteiger partial charge < -0.3 is 9.47 Å².